The maximum atomic E-state index is 12.4. The Hall–Kier alpha value is -1.71. The van der Waals surface area contributed by atoms with E-state index in [1.54, 1.807) is 36.4 Å². The molecule has 0 heterocycles. The van der Waals surface area contributed by atoms with Crippen LogP contribution in [0.1, 0.15) is 15.9 Å². The smallest absolute Gasteiger partial charge is 0.193 e. The number of carbonyl (C=O) groups is 1. The number of halogens is 2. The molecule has 0 saturated carbocycles. The average Bonchev–Trinajstić information content (AvgIpc) is 2.46. The van der Waals surface area contributed by atoms with Gasteiger partial charge in [-0.2, -0.15) is 0 Å². The van der Waals surface area contributed by atoms with Gasteiger partial charge >= 0.3 is 0 Å². The molecule has 0 amide bonds. The van der Waals surface area contributed by atoms with E-state index in [-0.39, 0.29) is 5.78 Å². The van der Waals surface area contributed by atoms with Crippen molar-refractivity contribution in [2.75, 3.05) is 14.2 Å². The fourth-order valence-corrected chi connectivity index (χ4v) is 2.30. The molecule has 0 aromatic heterocycles. The van der Waals surface area contributed by atoms with Crippen LogP contribution in [0.25, 0.3) is 0 Å². The molecule has 0 spiro atoms. The quantitative estimate of drug-likeness (QED) is 0.792. The lowest BCUT2D eigenvalue weighted by molar-refractivity contribution is 0.103. The third-order valence-electron chi connectivity index (χ3n) is 2.83. The van der Waals surface area contributed by atoms with Crippen molar-refractivity contribution in [3.05, 3.63) is 57.6 Å². The molecule has 0 aliphatic rings. The summed E-state index contributed by atoms with van der Waals surface area (Å²) in [5.41, 5.74) is 0.939. The largest absolute Gasteiger partial charge is 0.495 e. The van der Waals surface area contributed by atoms with Crippen LogP contribution in [-0.2, 0) is 0 Å². The normalized spacial score (nSPS) is 10.2. The summed E-state index contributed by atoms with van der Waals surface area (Å²) in [5, 5.41) is 0.774. The van der Waals surface area contributed by atoms with Crippen molar-refractivity contribution in [2.45, 2.75) is 0 Å². The highest BCUT2D eigenvalue weighted by molar-refractivity contribution is 6.33. The molecule has 0 radical (unpaired) electrons. The van der Waals surface area contributed by atoms with E-state index in [2.05, 4.69) is 0 Å². The number of ketones is 1. The van der Waals surface area contributed by atoms with Gasteiger partial charge in [0.2, 0.25) is 0 Å². The van der Waals surface area contributed by atoms with Gasteiger partial charge in [-0.1, -0.05) is 23.2 Å². The van der Waals surface area contributed by atoms with E-state index in [0.717, 1.165) is 0 Å². The molecular formula is C15H12Cl2O3. The lowest BCUT2D eigenvalue weighted by Crippen LogP contribution is -2.02. The van der Waals surface area contributed by atoms with Crippen molar-refractivity contribution in [1.29, 1.82) is 0 Å². The summed E-state index contributed by atoms with van der Waals surface area (Å²) in [4.78, 5) is 12.4. The van der Waals surface area contributed by atoms with Gasteiger partial charge in [-0.15, -0.1) is 0 Å². The maximum absolute atomic E-state index is 12.4. The summed E-state index contributed by atoms with van der Waals surface area (Å²) in [6.45, 7) is 0. The minimum atomic E-state index is -0.167. The fraction of sp³-hybridized carbons (Fsp3) is 0.133. The Morgan fingerprint density at radius 3 is 1.55 bits per heavy atom. The highest BCUT2D eigenvalue weighted by Crippen LogP contribution is 2.28. The number of benzene rings is 2. The number of methoxy groups -OCH3 is 2. The predicted octanol–water partition coefficient (Wildman–Crippen LogP) is 4.24. The maximum Gasteiger partial charge on any atom is 0.193 e. The Balaban J connectivity index is 2.36. The molecule has 2 aromatic carbocycles. The van der Waals surface area contributed by atoms with Gasteiger partial charge in [0.05, 0.1) is 24.3 Å². The topological polar surface area (TPSA) is 35.5 Å². The first-order chi connectivity index (χ1) is 9.56. The number of carbonyl (C=O) groups excluding carboxylic acids is 1. The minimum absolute atomic E-state index is 0.167. The van der Waals surface area contributed by atoms with Crippen LogP contribution in [0.4, 0.5) is 0 Å². The van der Waals surface area contributed by atoms with Crippen molar-refractivity contribution >= 4 is 29.0 Å². The Morgan fingerprint density at radius 2 is 1.25 bits per heavy atom. The monoisotopic (exact) mass is 310 g/mol. The number of rotatable bonds is 4. The summed E-state index contributed by atoms with van der Waals surface area (Å²) >= 11 is 12.0. The first kappa shape index (κ1) is 14.7. The van der Waals surface area contributed by atoms with Gasteiger partial charge in [-0.3, -0.25) is 4.79 Å². The molecule has 5 heteroatoms. The second-order valence-electron chi connectivity index (χ2n) is 4.03. The molecule has 0 aliphatic carbocycles. The van der Waals surface area contributed by atoms with Crippen LogP contribution in [0, 0.1) is 0 Å². The third kappa shape index (κ3) is 2.89. The zero-order chi connectivity index (χ0) is 14.7. The van der Waals surface area contributed by atoms with Crippen LogP contribution in [0.3, 0.4) is 0 Å². The molecule has 0 bridgehead atoms. The summed E-state index contributed by atoms with van der Waals surface area (Å²) in [6.07, 6.45) is 0. The highest BCUT2D eigenvalue weighted by atomic mass is 35.5. The second-order valence-corrected chi connectivity index (χ2v) is 4.84. The number of hydrogen-bond donors (Lipinski definition) is 0. The third-order valence-corrected chi connectivity index (χ3v) is 3.42. The highest BCUT2D eigenvalue weighted by Gasteiger charge is 2.13. The van der Waals surface area contributed by atoms with Gasteiger partial charge in [0.15, 0.2) is 5.78 Å². The lowest BCUT2D eigenvalue weighted by Gasteiger charge is -2.07. The summed E-state index contributed by atoms with van der Waals surface area (Å²) in [7, 11) is 3.04. The van der Waals surface area contributed by atoms with Crippen LogP contribution < -0.4 is 9.47 Å². The molecule has 0 atom stereocenters. The Labute approximate surface area is 127 Å². The van der Waals surface area contributed by atoms with E-state index < -0.39 is 0 Å². The van der Waals surface area contributed by atoms with Crippen LogP contribution in [-0.4, -0.2) is 20.0 Å². The van der Waals surface area contributed by atoms with Gasteiger partial charge in [-0.05, 0) is 36.4 Å². The van der Waals surface area contributed by atoms with Gasteiger partial charge in [0.25, 0.3) is 0 Å². The van der Waals surface area contributed by atoms with Crippen LogP contribution >= 0.6 is 23.2 Å². The molecule has 0 unspecified atom stereocenters. The van der Waals surface area contributed by atoms with E-state index in [0.29, 0.717) is 32.7 Å². The van der Waals surface area contributed by atoms with Crippen molar-refractivity contribution in [2.24, 2.45) is 0 Å². The number of ether oxygens (including phenoxy) is 2. The SMILES string of the molecule is COc1ccc(C(=O)c2ccc(OC)c(Cl)c2)cc1Cl. The van der Waals surface area contributed by atoms with E-state index in [1.165, 1.54) is 14.2 Å². The molecule has 0 aliphatic heterocycles. The van der Waals surface area contributed by atoms with Crippen molar-refractivity contribution in [3.8, 4) is 11.5 Å². The molecule has 0 N–H and O–H groups in total. The first-order valence-corrected chi connectivity index (χ1v) is 6.54. The number of hydrogen-bond acceptors (Lipinski definition) is 3. The van der Waals surface area contributed by atoms with E-state index in [4.69, 9.17) is 32.7 Å². The molecule has 0 saturated heterocycles. The Kier molecular flexibility index (Phi) is 4.53. The average molecular weight is 311 g/mol. The zero-order valence-corrected chi connectivity index (χ0v) is 12.5. The Bertz CT molecular complexity index is 598. The van der Waals surface area contributed by atoms with Crippen molar-refractivity contribution in [3.63, 3.8) is 0 Å². The molecule has 3 nitrogen and oxygen atoms in total. The van der Waals surface area contributed by atoms with Crippen molar-refractivity contribution in [1.82, 2.24) is 0 Å². The first-order valence-electron chi connectivity index (χ1n) is 5.78. The molecule has 104 valence electrons. The van der Waals surface area contributed by atoms with Gasteiger partial charge in [0.1, 0.15) is 11.5 Å². The minimum Gasteiger partial charge on any atom is -0.495 e. The van der Waals surface area contributed by atoms with E-state index >= 15 is 0 Å². The molecule has 0 fully saturated rings. The second kappa shape index (κ2) is 6.16. The lowest BCUT2D eigenvalue weighted by atomic mass is 10.0. The summed E-state index contributed by atoms with van der Waals surface area (Å²) in [5.74, 6) is 0.881. The van der Waals surface area contributed by atoms with Crippen molar-refractivity contribution < 1.29 is 14.3 Å². The van der Waals surface area contributed by atoms with Crippen LogP contribution in [0.5, 0.6) is 11.5 Å². The summed E-state index contributed by atoms with van der Waals surface area (Å²) in [6, 6.07) is 9.76. The van der Waals surface area contributed by atoms with Crippen LogP contribution in [0.2, 0.25) is 10.0 Å². The molecule has 2 rings (SSSR count). The predicted molar refractivity (Wildman–Crippen MR) is 79.4 cm³/mol. The molecular weight excluding hydrogens is 299 g/mol. The van der Waals surface area contributed by atoms with Gasteiger partial charge in [-0.25, -0.2) is 0 Å². The van der Waals surface area contributed by atoms with E-state index in [9.17, 15) is 4.79 Å². The molecule has 2 aromatic rings. The zero-order valence-electron chi connectivity index (χ0n) is 10.9. The fourth-order valence-electron chi connectivity index (χ4n) is 1.78. The standard InChI is InChI=1S/C15H12Cl2O3/c1-19-13-5-3-9(7-11(13)16)15(18)10-4-6-14(20-2)12(17)8-10/h3-8H,1-2H3. The van der Waals surface area contributed by atoms with Gasteiger partial charge in [0, 0.05) is 11.1 Å². The van der Waals surface area contributed by atoms with E-state index in [1.807, 2.05) is 0 Å². The Morgan fingerprint density at radius 1 is 0.850 bits per heavy atom. The summed E-state index contributed by atoms with van der Waals surface area (Å²) < 4.78 is 10.1. The van der Waals surface area contributed by atoms with Crippen LogP contribution in [0.15, 0.2) is 36.4 Å². The van der Waals surface area contributed by atoms with Gasteiger partial charge < -0.3 is 9.47 Å². The molecule has 20 heavy (non-hydrogen) atoms.